The fourth-order valence-electron chi connectivity index (χ4n) is 5.30. The molecule has 2 aliphatic rings. The summed E-state index contributed by atoms with van der Waals surface area (Å²) in [4.78, 5) is 30.5. The number of amides is 2. The van der Waals surface area contributed by atoms with Crippen LogP contribution in [-0.2, 0) is 11.2 Å². The highest BCUT2D eigenvalue weighted by molar-refractivity contribution is 6.42. The van der Waals surface area contributed by atoms with Gasteiger partial charge in [0, 0.05) is 38.3 Å². The van der Waals surface area contributed by atoms with Crippen molar-refractivity contribution < 1.29 is 14.3 Å². The molecule has 2 aromatic carbocycles. The highest BCUT2D eigenvalue weighted by Gasteiger charge is 2.37. The summed E-state index contributed by atoms with van der Waals surface area (Å²) in [6.07, 6.45) is 5.22. The summed E-state index contributed by atoms with van der Waals surface area (Å²) in [5.41, 5.74) is 1.62. The van der Waals surface area contributed by atoms with E-state index in [2.05, 4.69) is 10.2 Å². The molecule has 1 heterocycles. The van der Waals surface area contributed by atoms with Gasteiger partial charge in [0.2, 0.25) is 5.91 Å². The second-order valence-corrected chi connectivity index (χ2v) is 10.1. The molecule has 0 aromatic heterocycles. The Morgan fingerprint density at radius 2 is 1.74 bits per heavy atom. The second-order valence-electron chi connectivity index (χ2n) is 9.30. The summed E-state index contributed by atoms with van der Waals surface area (Å²) in [5.74, 6) is 1.24. The molecule has 1 saturated carbocycles. The van der Waals surface area contributed by atoms with Gasteiger partial charge in [-0.1, -0.05) is 54.2 Å². The monoisotopic (exact) mass is 517 g/mol. The van der Waals surface area contributed by atoms with E-state index in [9.17, 15) is 9.59 Å². The van der Waals surface area contributed by atoms with Crippen LogP contribution in [0.4, 0.5) is 0 Å². The molecule has 1 atom stereocenters. The summed E-state index contributed by atoms with van der Waals surface area (Å²) in [7, 11) is 1.67. The minimum atomic E-state index is -0.155. The highest BCUT2D eigenvalue weighted by Crippen LogP contribution is 2.31. The number of rotatable bonds is 8. The fraction of sp³-hybridized carbons (Fsp3) is 0.481. The first kappa shape index (κ1) is 25.8. The molecule has 0 spiro atoms. The molecule has 6 nitrogen and oxygen atoms in total. The van der Waals surface area contributed by atoms with Crippen LogP contribution >= 0.6 is 23.2 Å². The van der Waals surface area contributed by atoms with Crippen molar-refractivity contribution in [3.63, 3.8) is 0 Å². The lowest BCUT2D eigenvalue weighted by molar-refractivity contribution is -0.129. The quantitative estimate of drug-likeness (QED) is 0.552. The molecular weight excluding hydrogens is 485 g/mol. The normalized spacial score (nSPS) is 17.9. The summed E-state index contributed by atoms with van der Waals surface area (Å²) in [5, 5.41) is 4.00. The van der Waals surface area contributed by atoms with Crippen LogP contribution in [0.5, 0.6) is 5.75 Å². The van der Waals surface area contributed by atoms with E-state index in [0.717, 1.165) is 30.6 Å². The molecule has 2 amide bonds. The lowest BCUT2D eigenvalue weighted by atomic mass is 9.94. The summed E-state index contributed by atoms with van der Waals surface area (Å²) in [6, 6.07) is 12.7. The Morgan fingerprint density at radius 3 is 2.43 bits per heavy atom. The smallest absolute Gasteiger partial charge is 0.253 e. The van der Waals surface area contributed by atoms with Crippen LogP contribution < -0.4 is 10.1 Å². The van der Waals surface area contributed by atoms with Gasteiger partial charge in [-0.3, -0.25) is 14.5 Å². The fourth-order valence-corrected chi connectivity index (χ4v) is 5.60. The number of nitrogens with one attached hydrogen (secondary N) is 1. The molecule has 188 valence electrons. The molecule has 1 saturated heterocycles. The Bertz CT molecular complexity index is 1030. The minimum absolute atomic E-state index is 0.0538. The molecular formula is C27H33Cl2N3O3. The summed E-state index contributed by atoms with van der Waals surface area (Å²) in [6.45, 7) is 3.08. The maximum absolute atomic E-state index is 13.4. The molecule has 35 heavy (non-hydrogen) atoms. The SMILES string of the molecule is COc1ccccc1CCNC(=O)C(C1CCCC1)N1CCN(C(=O)c2ccc(Cl)c(Cl)c2)CC1. The first-order valence-electron chi connectivity index (χ1n) is 12.4. The number of carbonyl (C=O) groups excluding carboxylic acids is 2. The third kappa shape index (κ3) is 6.29. The predicted molar refractivity (Wildman–Crippen MR) is 139 cm³/mol. The van der Waals surface area contributed by atoms with Gasteiger partial charge in [-0.15, -0.1) is 0 Å². The number of hydrogen-bond donors (Lipinski definition) is 1. The number of para-hydroxylation sites is 1. The lowest BCUT2D eigenvalue weighted by Crippen LogP contribution is -2.58. The predicted octanol–water partition coefficient (Wildman–Crippen LogP) is 4.68. The molecule has 1 aliphatic carbocycles. The molecule has 1 unspecified atom stereocenters. The highest BCUT2D eigenvalue weighted by atomic mass is 35.5. The summed E-state index contributed by atoms with van der Waals surface area (Å²) >= 11 is 12.1. The van der Waals surface area contributed by atoms with Crippen molar-refractivity contribution >= 4 is 35.0 Å². The molecule has 1 aliphatic heterocycles. The Hall–Kier alpha value is -2.28. The Balaban J connectivity index is 1.36. The van der Waals surface area contributed by atoms with Gasteiger partial charge in [0.05, 0.1) is 23.2 Å². The van der Waals surface area contributed by atoms with Gasteiger partial charge in [-0.25, -0.2) is 0 Å². The number of benzene rings is 2. The van der Waals surface area contributed by atoms with E-state index in [1.54, 1.807) is 25.3 Å². The van der Waals surface area contributed by atoms with E-state index >= 15 is 0 Å². The number of hydrogen-bond acceptors (Lipinski definition) is 4. The van der Waals surface area contributed by atoms with Crippen molar-refractivity contribution in [2.24, 2.45) is 5.92 Å². The lowest BCUT2D eigenvalue weighted by Gasteiger charge is -2.40. The van der Waals surface area contributed by atoms with Crippen molar-refractivity contribution in [3.8, 4) is 5.75 Å². The third-order valence-electron chi connectivity index (χ3n) is 7.16. The number of ether oxygens (including phenoxy) is 1. The van der Waals surface area contributed by atoms with Gasteiger partial charge in [-0.2, -0.15) is 0 Å². The average molecular weight is 518 g/mol. The van der Waals surface area contributed by atoms with E-state index in [1.165, 1.54) is 12.8 Å². The molecule has 2 fully saturated rings. The molecule has 0 bridgehead atoms. The van der Waals surface area contributed by atoms with Crippen LogP contribution in [0, 0.1) is 5.92 Å². The first-order chi connectivity index (χ1) is 17.0. The van der Waals surface area contributed by atoms with Crippen LogP contribution in [0.2, 0.25) is 10.0 Å². The van der Waals surface area contributed by atoms with Crippen molar-refractivity contribution in [1.29, 1.82) is 0 Å². The van der Waals surface area contributed by atoms with Crippen LogP contribution in [0.25, 0.3) is 0 Å². The maximum atomic E-state index is 13.4. The van der Waals surface area contributed by atoms with Gasteiger partial charge < -0.3 is 15.0 Å². The van der Waals surface area contributed by atoms with Gasteiger partial charge in [-0.05, 0) is 55.0 Å². The standard InChI is InChI=1S/C27H33Cl2N3O3/c1-35-24-9-5-4-6-19(24)12-13-30-26(33)25(20-7-2-3-8-20)31-14-16-32(17-15-31)27(34)21-10-11-22(28)23(29)18-21/h4-6,9-11,18,20,25H,2-3,7-8,12-17H2,1H3,(H,30,33). The largest absolute Gasteiger partial charge is 0.496 e. The van der Waals surface area contributed by atoms with Crippen molar-refractivity contribution in [3.05, 3.63) is 63.6 Å². The number of halogens is 2. The van der Waals surface area contributed by atoms with Crippen LogP contribution in [0.3, 0.4) is 0 Å². The first-order valence-corrected chi connectivity index (χ1v) is 13.1. The van der Waals surface area contributed by atoms with Gasteiger partial charge in [0.1, 0.15) is 5.75 Å². The molecule has 1 N–H and O–H groups in total. The molecule has 4 rings (SSSR count). The molecule has 2 aromatic rings. The third-order valence-corrected chi connectivity index (χ3v) is 7.90. The van der Waals surface area contributed by atoms with Crippen molar-refractivity contribution in [1.82, 2.24) is 15.1 Å². The van der Waals surface area contributed by atoms with E-state index in [1.807, 2.05) is 29.2 Å². The Morgan fingerprint density at radius 1 is 1.03 bits per heavy atom. The van der Waals surface area contributed by atoms with E-state index in [4.69, 9.17) is 27.9 Å². The minimum Gasteiger partial charge on any atom is -0.496 e. The Kier molecular flexibility index (Phi) is 8.93. The van der Waals surface area contributed by atoms with Crippen LogP contribution in [0.1, 0.15) is 41.6 Å². The number of piperazine rings is 1. The van der Waals surface area contributed by atoms with Crippen LogP contribution in [-0.4, -0.2) is 67.5 Å². The van der Waals surface area contributed by atoms with E-state index in [0.29, 0.717) is 54.3 Å². The van der Waals surface area contributed by atoms with Gasteiger partial charge in [0.25, 0.3) is 5.91 Å². The van der Waals surface area contributed by atoms with Crippen molar-refractivity contribution in [2.75, 3.05) is 39.8 Å². The van der Waals surface area contributed by atoms with Crippen molar-refractivity contribution in [2.45, 2.75) is 38.1 Å². The zero-order valence-electron chi connectivity index (χ0n) is 20.1. The topological polar surface area (TPSA) is 61.9 Å². The average Bonchev–Trinajstić information content (AvgIpc) is 3.40. The van der Waals surface area contributed by atoms with E-state index < -0.39 is 0 Å². The van der Waals surface area contributed by atoms with E-state index in [-0.39, 0.29) is 17.9 Å². The number of carbonyl (C=O) groups is 2. The summed E-state index contributed by atoms with van der Waals surface area (Å²) < 4.78 is 5.43. The maximum Gasteiger partial charge on any atom is 0.253 e. The van der Waals surface area contributed by atoms with Crippen LogP contribution in [0.15, 0.2) is 42.5 Å². The van der Waals surface area contributed by atoms with Gasteiger partial charge >= 0.3 is 0 Å². The number of nitrogens with zero attached hydrogens (tertiary/aromatic N) is 2. The second kappa shape index (κ2) is 12.1. The Labute approximate surface area is 217 Å². The molecule has 8 heteroatoms. The number of methoxy groups -OCH3 is 1. The molecule has 0 radical (unpaired) electrons. The zero-order chi connectivity index (χ0) is 24.8. The zero-order valence-corrected chi connectivity index (χ0v) is 21.7. The van der Waals surface area contributed by atoms with Gasteiger partial charge in [0.15, 0.2) is 0 Å².